The number of nitrogens with zero attached hydrogens (tertiary/aromatic N) is 3. The first-order valence-electron chi connectivity index (χ1n) is 8.65. The van der Waals surface area contributed by atoms with Crippen LogP contribution in [0, 0.1) is 12.3 Å². The highest BCUT2D eigenvalue weighted by atomic mass is 32.1. The summed E-state index contributed by atoms with van der Waals surface area (Å²) in [4.78, 5) is 37.9. The summed E-state index contributed by atoms with van der Waals surface area (Å²) in [5.74, 6) is -1.10. The molecule has 1 amide bonds. The Bertz CT molecular complexity index is 868. The summed E-state index contributed by atoms with van der Waals surface area (Å²) in [6.07, 6.45) is 3.20. The van der Waals surface area contributed by atoms with Gasteiger partial charge in [-0.3, -0.25) is 4.79 Å². The quantitative estimate of drug-likeness (QED) is 0.778. The van der Waals surface area contributed by atoms with E-state index in [0.717, 1.165) is 11.3 Å². The largest absolute Gasteiger partial charge is 0.479 e. The Labute approximate surface area is 161 Å². The van der Waals surface area contributed by atoms with Crippen LogP contribution < -0.4 is 5.32 Å². The molecule has 2 aromatic heterocycles. The summed E-state index contributed by atoms with van der Waals surface area (Å²) in [7, 11) is 0. The minimum absolute atomic E-state index is 0.224. The molecule has 2 aromatic rings. The first-order valence-corrected chi connectivity index (χ1v) is 9.47. The van der Waals surface area contributed by atoms with Crippen LogP contribution in [0.5, 0.6) is 0 Å². The zero-order valence-electron chi connectivity index (χ0n) is 15.6. The lowest BCUT2D eigenvalue weighted by Gasteiger charge is -2.58. The topological polar surface area (TPSA) is 114 Å². The number of nitrogens with one attached hydrogen (secondary N) is 1. The highest BCUT2D eigenvalue weighted by Gasteiger charge is 2.66. The van der Waals surface area contributed by atoms with Gasteiger partial charge in [0, 0.05) is 30.8 Å². The monoisotopic (exact) mass is 390 g/mol. The molecule has 2 heterocycles. The fourth-order valence-corrected chi connectivity index (χ4v) is 4.31. The van der Waals surface area contributed by atoms with E-state index in [0.29, 0.717) is 28.0 Å². The van der Waals surface area contributed by atoms with Crippen molar-refractivity contribution in [3.8, 4) is 10.8 Å². The van der Waals surface area contributed by atoms with Crippen molar-refractivity contribution in [2.75, 3.05) is 6.61 Å². The SMILES string of the molecule is CCOC1CC(NC(=O)c2sc(-c3ncccn3)nc2C)(C(=O)O)C1(C)C. The van der Waals surface area contributed by atoms with Crippen molar-refractivity contribution in [1.29, 1.82) is 0 Å². The van der Waals surface area contributed by atoms with E-state index in [1.165, 1.54) is 0 Å². The highest BCUT2D eigenvalue weighted by Crippen LogP contribution is 2.51. The minimum Gasteiger partial charge on any atom is -0.479 e. The van der Waals surface area contributed by atoms with Crippen LogP contribution in [0.4, 0.5) is 0 Å². The summed E-state index contributed by atoms with van der Waals surface area (Å²) in [5.41, 5.74) is -1.61. The van der Waals surface area contributed by atoms with E-state index < -0.39 is 22.8 Å². The van der Waals surface area contributed by atoms with Gasteiger partial charge in [-0.05, 0) is 19.9 Å². The number of hydrogen-bond donors (Lipinski definition) is 2. The smallest absolute Gasteiger partial charge is 0.330 e. The summed E-state index contributed by atoms with van der Waals surface area (Å²) in [6.45, 7) is 7.66. The van der Waals surface area contributed by atoms with Gasteiger partial charge in [0.25, 0.3) is 5.91 Å². The maximum Gasteiger partial charge on any atom is 0.330 e. The van der Waals surface area contributed by atoms with Gasteiger partial charge in [-0.25, -0.2) is 19.7 Å². The third kappa shape index (κ3) is 3.10. The average molecular weight is 390 g/mol. The molecule has 144 valence electrons. The van der Waals surface area contributed by atoms with Crippen molar-refractivity contribution in [1.82, 2.24) is 20.3 Å². The molecule has 1 aliphatic carbocycles. The van der Waals surface area contributed by atoms with E-state index in [1.54, 1.807) is 39.2 Å². The zero-order chi connectivity index (χ0) is 19.8. The molecule has 0 aliphatic heterocycles. The van der Waals surface area contributed by atoms with Crippen molar-refractivity contribution >= 4 is 23.2 Å². The first kappa shape index (κ1) is 19.4. The summed E-state index contributed by atoms with van der Waals surface area (Å²) < 4.78 is 5.63. The summed E-state index contributed by atoms with van der Waals surface area (Å²) >= 11 is 1.15. The predicted molar refractivity (Wildman–Crippen MR) is 99.5 cm³/mol. The second-order valence-electron chi connectivity index (χ2n) is 7.04. The predicted octanol–water partition coefficient (Wildman–Crippen LogP) is 2.30. The number of rotatable bonds is 6. The number of carboxylic acid groups (broad SMARTS) is 1. The van der Waals surface area contributed by atoms with Gasteiger partial charge in [0.1, 0.15) is 10.4 Å². The zero-order valence-corrected chi connectivity index (χ0v) is 16.5. The van der Waals surface area contributed by atoms with Gasteiger partial charge < -0.3 is 15.2 Å². The van der Waals surface area contributed by atoms with E-state index in [1.807, 2.05) is 6.92 Å². The van der Waals surface area contributed by atoms with E-state index in [9.17, 15) is 14.7 Å². The van der Waals surface area contributed by atoms with E-state index in [2.05, 4.69) is 20.3 Å². The molecule has 0 spiro atoms. The Morgan fingerprint density at radius 2 is 2.04 bits per heavy atom. The fraction of sp³-hybridized carbons (Fsp3) is 0.500. The van der Waals surface area contributed by atoms with Crippen LogP contribution in [0.1, 0.15) is 42.6 Å². The molecule has 0 radical (unpaired) electrons. The van der Waals surface area contributed by atoms with Crippen LogP contribution in [-0.2, 0) is 9.53 Å². The molecule has 1 saturated carbocycles. The Hall–Kier alpha value is -2.39. The van der Waals surface area contributed by atoms with Crippen LogP contribution in [0.3, 0.4) is 0 Å². The maximum atomic E-state index is 12.9. The maximum absolute atomic E-state index is 12.9. The van der Waals surface area contributed by atoms with Crippen LogP contribution in [0.2, 0.25) is 0 Å². The van der Waals surface area contributed by atoms with Crippen LogP contribution in [-0.4, -0.2) is 50.2 Å². The number of ether oxygens (including phenoxy) is 1. The molecule has 1 aliphatic rings. The Kier molecular flexibility index (Phi) is 5.00. The molecule has 2 unspecified atom stereocenters. The molecule has 9 heteroatoms. The minimum atomic E-state index is -1.39. The molecular weight excluding hydrogens is 368 g/mol. The summed E-state index contributed by atoms with van der Waals surface area (Å²) in [6, 6.07) is 1.70. The molecule has 3 rings (SSSR count). The van der Waals surface area contributed by atoms with E-state index in [4.69, 9.17) is 4.74 Å². The van der Waals surface area contributed by atoms with Crippen LogP contribution in [0.15, 0.2) is 18.5 Å². The number of aromatic nitrogens is 3. The number of carbonyl (C=O) groups excluding carboxylic acids is 1. The first-order chi connectivity index (χ1) is 12.7. The molecular formula is C18H22N4O4S. The Balaban J connectivity index is 1.86. The molecule has 8 nitrogen and oxygen atoms in total. The van der Waals surface area contributed by atoms with Gasteiger partial charge >= 0.3 is 5.97 Å². The summed E-state index contributed by atoms with van der Waals surface area (Å²) in [5, 5.41) is 13.1. The van der Waals surface area contributed by atoms with Crippen molar-refractivity contribution in [3.05, 3.63) is 29.0 Å². The molecule has 2 atom stereocenters. The molecule has 2 N–H and O–H groups in total. The average Bonchev–Trinajstić information content (AvgIpc) is 3.03. The Morgan fingerprint density at radius 3 is 2.59 bits per heavy atom. The second-order valence-corrected chi connectivity index (χ2v) is 8.04. The van der Waals surface area contributed by atoms with E-state index in [-0.39, 0.29) is 12.5 Å². The number of hydrogen-bond acceptors (Lipinski definition) is 7. The number of aliphatic carboxylic acids is 1. The fourth-order valence-electron chi connectivity index (χ4n) is 3.40. The molecule has 0 saturated heterocycles. The van der Waals surface area contributed by atoms with E-state index >= 15 is 0 Å². The van der Waals surface area contributed by atoms with Crippen LogP contribution >= 0.6 is 11.3 Å². The lowest BCUT2D eigenvalue weighted by molar-refractivity contribution is -0.190. The second kappa shape index (κ2) is 6.97. The third-order valence-corrected chi connectivity index (χ3v) is 6.37. The van der Waals surface area contributed by atoms with Crippen molar-refractivity contribution in [3.63, 3.8) is 0 Å². The normalized spacial score (nSPS) is 23.5. The van der Waals surface area contributed by atoms with Gasteiger partial charge in [-0.1, -0.05) is 13.8 Å². The van der Waals surface area contributed by atoms with Gasteiger partial charge in [-0.15, -0.1) is 11.3 Å². The number of aryl methyl sites for hydroxylation is 1. The lowest BCUT2D eigenvalue weighted by Crippen LogP contribution is -2.76. The highest BCUT2D eigenvalue weighted by molar-refractivity contribution is 7.17. The number of thiazole rings is 1. The van der Waals surface area contributed by atoms with Gasteiger partial charge in [-0.2, -0.15) is 0 Å². The third-order valence-electron chi connectivity index (χ3n) is 5.22. The van der Waals surface area contributed by atoms with Crippen molar-refractivity contribution in [2.24, 2.45) is 5.41 Å². The Morgan fingerprint density at radius 1 is 1.37 bits per heavy atom. The molecule has 0 bridgehead atoms. The molecule has 1 fully saturated rings. The lowest BCUT2D eigenvalue weighted by atomic mass is 9.54. The number of amides is 1. The van der Waals surface area contributed by atoms with Crippen LogP contribution in [0.25, 0.3) is 10.8 Å². The van der Waals surface area contributed by atoms with Crippen molar-refractivity contribution in [2.45, 2.75) is 45.8 Å². The number of carbonyl (C=O) groups is 2. The van der Waals surface area contributed by atoms with Gasteiger partial charge in [0.2, 0.25) is 0 Å². The molecule has 0 aromatic carbocycles. The molecule has 27 heavy (non-hydrogen) atoms. The number of carboxylic acids is 1. The van der Waals surface area contributed by atoms with Gasteiger partial charge in [0.15, 0.2) is 10.8 Å². The standard InChI is InChI=1S/C18H22N4O4S/c1-5-26-11-9-18(16(24)25,17(11,3)4)22-14(23)12-10(2)21-15(27-12)13-19-7-6-8-20-13/h6-8,11H,5,9H2,1-4H3,(H,22,23)(H,24,25). The van der Waals surface area contributed by atoms with Crippen molar-refractivity contribution < 1.29 is 19.4 Å². The van der Waals surface area contributed by atoms with Gasteiger partial charge in [0.05, 0.1) is 11.8 Å².